The zero-order chi connectivity index (χ0) is 33.9. The van der Waals surface area contributed by atoms with E-state index in [1.165, 1.54) is 0 Å². The van der Waals surface area contributed by atoms with Crippen molar-refractivity contribution in [2.45, 2.75) is 71.5 Å². The highest BCUT2D eigenvalue weighted by atomic mass is 32.2. The van der Waals surface area contributed by atoms with E-state index >= 15 is 0 Å². The van der Waals surface area contributed by atoms with Crippen LogP contribution in [0.1, 0.15) is 64.0 Å². The van der Waals surface area contributed by atoms with Crippen molar-refractivity contribution in [2.75, 3.05) is 11.5 Å². The van der Waals surface area contributed by atoms with Gasteiger partial charge in [-0.25, -0.2) is 0 Å². The molecule has 10 nitrogen and oxygen atoms in total. The molecule has 0 aliphatic heterocycles. The first-order valence-corrected chi connectivity index (χ1v) is 16.7. The van der Waals surface area contributed by atoms with E-state index < -0.39 is 72.9 Å². The van der Waals surface area contributed by atoms with E-state index in [-0.39, 0.29) is 30.8 Å². The molecule has 0 spiro atoms. The van der Waals surface area contributed by atoms with Crippen molar-refractivity contribution >= 4 is 31.7 Å². The Bertz CT molecular complexity index is 1390. The lowest BCUT2D eigenvalue weighted by Gasteiger charge is -2.20. The Kier molecular flexibility index (Phi) is 13.5. The Morgan fingerprint density at radius 2 is 0.978 bits per heavy atom. The summed E-state index contributed by atoms with van der Waals surface area (Å²) in [5, 5.41) is 5.69. The van der Waals surface area contributed by atoms with E-state index in [2.05, 4.69) is 18.9 Å². The van der Waals surface area contributed by atoms with Gasteiger partial charge in [0.25, 0.3) is 0 Å². The molecule has 0 heterocycles. The minimum absolute atomic E-state index is 0.0492. The number of hydrogen-bond acceptors (Lipinski definition) is 10. The summed E-state index contributed by atoms with van der Waals surface area (Å²) in [6, 6.07) is 8.52. The average Bonchev–Trinajstić information content (AvgIpc) is 2.95. The second kappa shape index (κ2) is 16.1. The van der Waals surface area contributed by atoms with E-state index in [1.54, 1.807) is 20.8 Å². The lowest BCUT2D eigenvalue weighted by Crippen LogP contribution is -2.26. The van der Waals surface area contributed by atoms with Crippen LogP contribution in [-0.2, 0) is 28.8 Å². The van der Waals surface area contributed by atoms with Gasteiger partial charge in [-0.05, 0) is 61.4 Å². The summed E-state index contributed by atoms with van der Waals surface area (Å²) in [7, 11) is -8.63. The molecular formula is C27H32F6N2O8S2. The number of hydrogen-bond donors (Lipinski definition) is 0. The molecule has 2 aromatic rings. The summed E-state index contributed by atoms with van der Waals surface area (Å²) in [5.41, 5.74) is -4.17. The first kappa shape index (κ1) is 37.6. The molecule has 0 bridgehead atoms. The molecule has 0 N–H and O–H groups in total. The van der Waals surface area contributed by atoms with Gasteiger partial charge in [-0.2, -0.15) is 43.2 Å². The Labute approximate surface area is 257 Å². The molecule has 18 heteroatoms. The number of halogens is 6. The zero-order valence-corrected chi connectivity index (χ0v) is 26.0. The Hall–Kier alpha value is -3.54. The van der Waals surface area contributed by atoms with Gasteiger partial charge >= 0.3 is 32.6 Å². The number of rotatable bonds is 17. The third-order valence-electron chi connectivity index (χ3n) is 5.64. The van der Waals surface area contributed by atoms with Crippen LogP contribution in [0.5, 0.6) is 11.5 Å². The fourth-order valence-corrected chi connectivity index (χ4v) is 5.13. The van der Waals surface area contributed by atoms with Gasteiger partial charge in [0.15, 0.2) is 11.4 Å². The van der Waals surface area contributed by atoms with Gasteiger partial charge in [-0.1, -0.05) is 43.9 Å². The maximum Gasteiger partial charge on any atom is 0.437 e. The van der Waals surface area contributed by atoms with Gasteiger partial charge in [0.2, 0.25) is 6.29 Å². The quantitative estimate of drug-likeness (QED) is 0.0776. The molecule has 0 saturated carbocycles. The van der Waals surface area contributed by atoms with Crippen LogP contribution in [0.3, 0.4) is 0 Å². The highest BCUT2D eigenvalue weighted by Crippen LogP contribution is 2.27. The van der Waals surface area contributed by atoms with E-state index in [0.717, 1.165) is 48.5 Å². The predicted octanol–water partition coefficient (Wildman–Crippen LogP) is 6.71. The average molecular weight is 691 g/mol. The van der Waals surface area contributed by atoms with Crippen LogP contribution in [0, 0.1) is 0 Å². The van der Waals surface area contributed by atoms with Gasteiger partial charge in [0.1, 0.15) is 11.5 Å². The third-order valence-corrected chi connectivity index (χ3v) is 7.82. The lowest BCUT2D eigenvalue weighted by atomic mass is 10.1. The van der Waals surface area contributed by atoms with Crippen molar-refractivity contribution in [2.24, 2.45) is 10.3 Å². The van der Waals surface area contributed by atoms with Crippen LogP contribution >= 0.6 is 0 Å². The zero-order valence-electron chi connectivity index (χ0n) is 24.4. The number of alkyl halides is 6. The molecule has 0 aromatic heterocycles. The van der Waals surface area contributed by atoms with Gasteiger partial charge < -0.3 is 9.47 Å². The summed E-state index contributed by atoms with van der Waals surface area (Å²) in [6.07, 6.45) is -9.62. The maximum atomic E-state index is 13.6. The minimum atomic E-state index is -5.05. The molecule has 45 heavy (non-hydrogen) atoms. The Morgan fingerprint density at radius 1 is 0.644 bits per heavy atom. The Balaban J connectivity index is 2.17. The minimum Gasteiger partial charge on any atom is -0.455 e. The van der Waals surface area contributed by atoms with Crippen molar-refractivity contribution in [3.05, 3.63) is 59.7 Å². The fourth-order valence-electron chi connectivity index (χ4n) is 3.32. The SMILES string of the molecule is CCCCS(=O)(=O)ON=C(c1ccc(OC(CC)Oc2ccc(C(=NOS(=O)(=O)CCCC)C(F)(F)F)cc2)cc1)C(F)(F)F. The number of benzene rings is 2. The van der Waals surface area contributed by atoms with Gasteiger partial charge in [-0.3, -0.25) is 8.57 Å². The fraction of sp³-hybridized carbons (Fsp3) is 0.481. The molecule has 0 aliphatic carbocycles. The normalized spacial score (nSPS) is 14.2. The standard InChI is InChI=1S/C27H32F6N2O8S2/c1-4-7-17-44(36,37)42-34-24(26(28,29)30)19-9-13-21(14-10-19)40-23(6-3)41-22-15-11-20(12-16-22)25(27(31,32)33)35-43-45(38,39)18-8-5-2/h9-16,23H,4-8,17-18H2,1-3H3. The summed E-state index contributed by atoms with van der Waals surface area (Å²) < 4.78 is 148. The molecule has 252 valence electrons. The first-order valence-electron chi connectivity index (χ1n) is 13.6. The monoisotopic (exact) mass is 690 g/mol. The molecule has 0 unspecified atom stereocenters. The van der Waals surface area contributed by atoms with E-state index in [9.17, 15) is 43.2 Å². The van der Waals surface area contributed by atoms with Crippen molar-refractivity contribution in [3.63, 3.8) is 0 Å². The van der Waals surface area contributed by atoms with E-state index in [1.807, 2.05) is 0 Å². The lowest BCUT2D eigenvalue weighted by molar-refractivity contribution is -0.0606. The van der Waals surface area contributed by atoms with Crippen LogP contribution in [0.2, 0.25) is 0 Å². The van der Waals surface area contributed by atoms with Crippen LogP contribution in [0.4, 0.5) is 26.3 Å². The molecule has 2 rings (SSSR count). The van der Waals surface area contributed by atoms with Gasteiger partial charge in [-0.15, -0.1) is 0 Å². The molecule has 2 aromatic carbocycles. The maximum absolute atomic E-state index is 13.6. The second-order valence-corrected chi connectivity index (χ2v) is 12.7. The molecule has 0 fully saturated rings. The van der Waals surface area contributed by atoms with E-state index in [0.29, 0.717) is 12.8 Å². The molecule has 0 radical (unpaired) electrons. The third kappa shape index (κ3) is 12.8. The summed E-state index contributed by atoms with van der Waals surface area (Å²) >= 11 is 0. The molecule has 0 atom stereocenters. The summed E-state index contributed by atoms with van der Waals surface area (Å²) in [6.45, 7) is 5.03. The number of nitrogens with zero attached hydrogens (tertiary/aromatic N) is 2. The molecule has 0 aliphatic rings. The van der Waals surface area contributed by atoms with Crippen molar-refractivity contribution < 1.29 is 61.2 Å². The van der Waals surface area contributed by atoms with Crippen molar-refractivity contribution in [3.8, 4) is 11.5 Å². The van der Waals surface area contributed by atoms with Gasteiger partial charge in [0.05, 0.1) is 11.5 Å². The summed E-state index contributed by atoms with van der Waals surface area (Å²) in [4.78, 5) is 0. The molecule has 0 saturated heterocycles. The second-order valence-electron chi connectivity index (χ2n) is 9.38. The van der Waals surface area contributed by atoms with Crippen LogP contribution in [0.25, 0.3) is 0 Å². The van der Waals surface area contributed by atoms with E-state index in [4.69, 9.17) is 9.47 Å². The van der Waals surface area contributed by atoms with Crippen molar-refractivity contribution in [1.82, 2.24) is 0 Å². The highest BCUT2D eigenvalue weighted by Gasteiger charge is 2.39. The van der Waals surface area contributed by atoms with Crippen LogP contribution < -0.4 is 9.47 Å². The molecule has 0 amide bonds. The van der Waals surface area contributed by atoms with Crippen molar-refractivity contribution in [1.29, 1.82) is 0 Å². The number of oxime groups is 2. The Morgan fingerprint density at radius 3 is 1.24 bits per heavy atom. The topological polar surface area (TPSA) is 130 Å². The first-order chi connectivity index (χ1) is 20.9. The number of ether oxygens (including phenoxy) is 2. The number of unbranched alkanes of at least 4 members (excludes halogenated alkanes) is 2. The largest absolute Gasteiger partial charge is 0.455 e. The summed E-state index contributed by atoms with van der Waals surface area (Å²) in [5.74, 6) is -0.900. The highest BCUT2D eigenvalue weighted by molar-refractivity contribution is 7.86. The van der Waals surface area contributed by atoms with Crippen LogP contribution in [0.15, 0.2) is 58.8 Å². The van der Waals surface area contributed by atoms with Crippen LogP contribution in [-0.4, -0.2) is 58.4 Å². The van der Waals surface area contributed by atoms with Gasteiger partial charge in [0, 0.05) is 17.5 Å². The predicted molar refractivity (Wildman–Crippen MR) is 153 cm³/mol. The molecular weight excluding hydrogens is 658 g/mol. The smallest absolute Gasteiger partial charge is 0.437 e.